The van der Waals surface area contributed by atoms with E-state index < -0.39 is 24.9 Å². The first-order valence-corrected chi connectivity index (χ1v) is 12.5. The zero-order valence-corrected chi connectivity index (χ0v) is 20.2. The van der Waals surface area contributed by atoms with Gasteiger partial charge in [-0.05, 0) is 82.2 Å². The van der Waals surface area contributed by atoms with Gasteiger partial charge in [-0.1, -0.05) is 6.07 Å². The highest BCUT2D eigenvalue weighted by molar-refractivity contribution is 5.70. The van der Waals surface area contributed by atoms with E-state index in [2.05, 4.69) is 27.0 Å². The Morgan fingerprint density at radius 3 is 2.71 bits per heavy atom. The maximum Gasteiger partial charge on any atom is 0.306 e. The van der Waals surface area contributed by atoms with Gasteiger partial charge in [-0.25, -0.2) is 18.7 Å². The fourth-order valence-corrected chi connectivity index (χ4v) is 4.45. The van der Waals surface area contributed by atoms with Crippen molar-refractivity contribution in [3.63, 3.8) is 0 Å². The van der Waals surface area contributed by atoms with Crippen molar-refractivity contribution in [2.75, 3.05) is 32.8 Å². The third-order valence-electron chi connectivity index (χ3n) is 6.43. The number of aryl methyl sites for hydroxylation is 3. The lowest BCUT2D eigenvalue weighted by atomic mass is 9.95. The SMILES string of the molecule is O=C(O)[C@H](CCN(CCCCc1ccc2c(n1)CCCC2)CCOCC(F)F)Cc1ccncn1. The first-order chi connectivity index (χ1) is 17.0. The number of aliphatic carboxylic acids is 1. The highest BCUT2D eigenvalue weighted by Crippen LogP contribution is 2.20. The molecule has 1 aliphatic rings. The summed E-state index contributed by atoms with van der Waals surface area (Å²) >= 11 is 0. The molecule has 0 saturated heterocycles. The van der Waals surface area contributed by atoms with Crippen LogP contribution in [0.2, 0.25) is 0 Å². The summed E-state index contributed by atoms with van der Waals surface area (Å²) in [5.74, 6) is -1.44. The Hall–Kier alpha value is -2.52. The second kappa shape index (κ2) is 14.8. The van der Waals surface area contributed by atoms with E-state index in [0.717, 1.165) is 44.3 Å². The Bertz CT molecular complexity index is 901. The summed E-state index contributed by atoms with van der Waals surface area (Å²) < 4.78 is 29.9. The van der Waals surface area contributed by atoms with Gasteiger partial charge >= 0.3 is 5.97 Å². The molecule has 1 N–H and O–H groups in total. The van der Waals surface area contributed by atoms with Crippen LogP contribution in [0.3, 0.4) is 0 Å². The van der Waals surface area contributed by atoms with Crippen molar-refractivity contribution in [1.29, 1.82) is 0 Å². The van der Waals surface area contributed by atoms with Crippen molar-refractivity contribution in [2.45, 2.75) is 64.2 Å². The minimum Gasteiger partial charge on any atom is -0.481 e. The highest BCUT2D eigenvalue weighted by Gasteiger charge is 2.20. The highest BCUT2D eigenvalue weighted by atomic mass is 19.3. The Balaban J connectivity index is 1.47. The summed E-state index contributed by atoms with van der Waals surface area (Å²) in [5.41, 5.74) is 4.44. The number of hydrogen-bond acceptors (Lipinski definition) is 6. The molecule has 3 rings (SSSR count). The minimum absolute atomic E-state index is 0.195. The lowest BCUT2D eigenvalue weighted by Gasteiger charge is -2.24. The van der Waals surface area contributed by atoms with Crippen molar-refractivity contribution in [2.24, 2.45) is 5.92 Å². The monoisotopic (exact) mass is 490 g/mol. The number of carboxylic acids is 1. The molecular formula is C26H36F2N4O3. The van der Waals surface area contributed by atoms with E-state index in [1.54, 1.807) is 12.3 Å². The molecule has 0 spiro atoms. The Morgan fingerprint density at radius 2 is 1.94 bits per heavy atom. The lowest BCUT2D eigenvalue weighted by Crippen LogP contribution is -2.33. The van der Waals surface area contributed by atoms with Gasteiger partial charge in [0.05, 0.1) is 12.5 Å². The topological polar surface area (TPSA) is 88.4 Å². The third-order valence-corrected chi connectivity index (χ3v) is 6.43. The number of carboxylic acid groups (broad SMARTS) is 1. The molecule has 1 aliphatic carbocycles. The smallest absolute Gasteiger partial charge is 0.306 e. The van der Waals surface area contributed by atoms with Gasteiger partial charge in [0, 0.05) is 36.2 Å². The predicted octanol–water partition coefficient (Wildman–Crippen LogP) is 3.99. The molecule has 2 aromatic rings. The van der Waals surface area contributed by atoms with E-state index in [0.29, 0.717) is 31.6 Å². The molecule has 7 nitrogen and oxygen atoms in total. The average Bonchev–Trinajstić information content (AvgIpc) is 2.86. The standard InChI is InChI=1S/C26H36F2N4O3/c27-25(28)18-35-16-15-32(14-11-21(26(33)34)17-23-10-12-29-19-30-23)13-4-3-6-22-9-8-20-5-1-2-7-24(20)31-22/h8-10,12,19,21,25H,1-7,11,13-18H2,(H,33,34)/t21-/m1/s1. The molecule has 192 valence electrons. The number of nitrogens with zero attached hydrogens (tertiary/aromatic N) is 4. The maximum atomic E-state index is 12.4. The van der Waals surface area contributed by atoms with Gasteiger partial charge in [0.15, 0.2) is 0 Å². The number of hydrogen-bond donors (Lipinski definition) is 1. The van der Waals surface area contributed by atoms with Crippen LogP contribution in [0.15, 0.2) is 30.7 Å². The fourth-order valence-electron chi connectivity index (χ4n) is 4.45. The summed E-state index contributed by atoms with van der Waals surface area (Å²) in [7, 11) is 0. The summed E-state index contributed by atoms with van der Waals surface area (Å²) in [6.07, 6.45) is 8.72. The van der Waals surface area contributed by atoms with Gasteiger partial charge < -0.3 is 14.7 Å². The Labute approximate surface area is 206 Å². The zero-order chi connectivity index (χ0) is 24.9. The maximum absolute atomic E-state index is 12.4. The van der Waals surface area contributed by atoms with Crippen molar-refractivity contribution in [1.82, 2.24) is 19.9 Å². The van der Waals surface area contributed by atoms with Crippen LogP contribution >= 0.6 is 0 Å². The van der Waals surface area contributed by atoms with E-state index in [4.69, 9.17) is 9.72 Å². The average molecular weight is 491 g/mol. The number of ether oxygens (including phenoxy) is 1. The molecule has 0 unspecified atom stereocenters. The number of alkyl halides is 2. The van der Waals surface area contributed by atoms with Crippen molar-refractivity contribution < 1.29 is 23.4 Å². The van der Waals surface area contributed by atoms with Gasteiger partial charge in [0.2, 0.25) is 0 Å². The van der Waals surface area contributed by atoms with Crippen LogP contribution in [0, 0.1) is 5.92 Å². The van der Waals surface area contributed by atoms with Crippen LogP contribution in [0.4, 0.5) is 8.78 Å². The zero-order valence-electron chi connectivity index (χ0n) is 20.2. The van der Waals surface area contributed by atoms with E-state index in [1.165, 1.54) is 30.4 Å². The van der Waals surface area contributed by atoms with Crippen LogP contribution in [0.25, 0.3) is 0 Å². The van der Waals surface area contributed by atoms with Crippen LogP contribution in [-0.4, -0.2) is 70.2 Å². The molecule has 0 radical (unpaired) electrons. The van der Waals surface area contributed by atoms with E-state index in [1.807, 2.05) is 0 Å². The first-order valence-electron chi connectivity index (χ1n) is 12.5. The number of rotatable bonds is 16. The molecule has 2 heterocycles. The van der Waals surface area contributed by atoms with Crippen LogP contribution in [-0.2, 0) is 35.2 Å². The molecule has 35 heavy (non-hydrogen) atoms. The van der Waals surface area contributed by atoms with Gasteiger partial charge in [-0.3, -0.25) is 9.78 Å². The largest absolute Gasteiger partial charge is 0.481 e. The first kappa shape index (κ1) is 27.1. The number of unbranched alkanes of at least 4 members (excludes halogenated alkanes) is 1. The molecule has 1 atom stereocenters. The van der Waals surface area contributed by atoms with Crippen molar-refractivity contribution >= 4 is 5.97 Å². The summed E-state index contributed by atoms with van der Waals surface area (Å²) in [4.78, 5) is 26.8. The Morgan fingerprint density at radius 1 is 1.09 bits per heavy atom. The Kier molecular flexibility index (Phi) is 11.4. The van der Waals surface area contributed by atoms with Crippen molar-refractivity contribution in [3.8, 4) is 0 Å². The molecule has 9 heteroatoms. The second-order valence-corrected chi connectivity index (χ2v) is 9.11. The molecule has 2 aromatic heterocycles. The van der Waals surface area contributed by atoms with Gasteiger partial charge in [0.25, 0.3) is 6.43 Å². The van der Waals surface area contributed by atoms with Gasteiger partial charge in [-0.2, -0.15) is 0 Å². The van der Waals surface area contributed by atoms with Gasteiger partial charge in [-0.15, -0.1) is 0 Å². The second-order valence-electron chi connectivity index (χ2n) is 9.11. The summed E-state index contributed by atoms with van der Waals surface area (Å²) in [6, 6.07) is 6.07. The van der Waals surface area contributed by atoms with Crippen molar-refractivity contribution in [3.05, 3.63) is 53.4 Å². The number of pyridine rings is 1. The molecule has 0 aromatic carbocycles. The molecule has 0 amide bonds. The minimum atomic E-state index is -2.49. The number of aromatic nitrogens is 3. The number of halogens is 2. The molecule has 0 aliphatic heterocycles. The third kappa shape index (κ3) is 9.93. The van der Waals surface area contributed by atoms with Crippen LogP contribution < -0.4 is 0 Å². The van der Waals surface area contributed by atoms with Crippen LogP contribution in [0.5, 0.6) is 0 Å². The summed E-state index contributed by atoms with van der Waals surface area (Å²) in [5, 5.41) is 9.67. The van der Waals surface area contributed by atoms with Crippen LogP contribution in [0.1, 0.15) is 54.7 Å². The number of carbonyl (C=O) groups is 1. The quantitative estimate of drug-likeness (QED) is 0.356. The molecule has 0 fully saturated rings. The van der Waals surface area contributed by atoms with E-state index in [9.17, 15) is 18.7 Å². The van der Waals surface area contributed by atoms with E-state index in [-0.39, 0.29) is 6.61 Å². The lowest BCUT2D eigenvalue weighted by molar-refractivity contribution is -0.142. The van der Waals surface area contributed by atoms with Gasteiger partial charge in [0.1, 0.15) is 12.9 Å². The molecular weight excluding hydrogens is 454 g/mol. The summed E-state index contributed by atoms with van der Waals surface area (Å²) in [6.45, 7) is 1.41. The molecule has 0 bridgehead atoms. The molecule has 0 saturated carbocycles. The number of fused-ring (bicyclic) bond motifs is 1. The van der Waals surface area contributed by atoms with E-state index >= 15 is 0 Å². The predicted molar refractivity (Wildman–Crippen MR) is 129 cm³/mol. The normalized spacial score (nSPS) is 14.3. The fraction of sp³-hybridized carbons (Fsp3) is 0.615.